The maximum absolute atomic E-state index is 11.9. The highest BCUT2D eigenvalue weighted by molar-refractivity contribution is 5.93. The van der Waals surface area contributed by atoms with Crippen LogP contribution < -0.4 is 33.0 Å². The molecule has 0 saturated heterocycles. The summed E-state index contributed by atoms with van der Waals surface area (Å²) in [6, 6.07) is -5.05. The van der Waals surface area contributed by atoms with Crippen molar-refractivity contribution in [1.82, 2.24) is 21.5 Å². The highest BCUT2D eigenvalue weighted by Gasteiger charge is 2.25. The van der Waals surface area contributed by atoms with Gasteiger partial charge in [0.1, 0.15) is 18.1 Å². The summed E-state index contributed by atoms with van der Waals surface area (Å²) in [6.45, 7) is 0.516. The van der Waals surface area contributed by atoms with Gasteiger partial charge in [0.2, 0.25) is 5.91 Å². The van der Waals surface area contributed by atoms with Gasteiger partial charge in [0.05, 0.1) is 13.0 Å². The second-order valence-corrected chi connectivity index (χ2v) is 4.67. The van der Waals surface area contributed by atoms with Crippen LogP contribution >= 0.6 is 0 Å². The van der Waals surface area contributed by atoms with Crippen LogP contribution in [0.15, 0.2) is 0 Å². The molecular weight excluding hydrogens is 328 g/mol. The minimum absolute atomic E-state index is 0.609. The Kier molecular flexibility index (Phi) is 8.74. The molecule has 0 fully saturated rings. The summed E-state index contributed by atoms with van der Waals surface area (Å²) < 4.78 is 0. The fourth-order valence-corrected chi connectivity index (χ4v) is 1.25. The topological polar surface area (TPSA) is 226 Å². The van der Waals surface area contributed by atoms with E-state index in [0.717, 1.165) is 0 Å². The van der Waals surface area contributed by atoms with Gasteiger partial charge in [-0.2, -0.15) is 0 Å². The maximum Gasteiger partial charge on any atom is 0.325 e. The molecule has 1 unspecified atom stereocenters. The highest BCUT2D eigenvalue weighted by atomic mass is 16.4. The molecule has 0 heterocycles. The molecule has 0 aliphatic carbocycles. The number of rotatable bonds is 8. The van der Waals surface area contributed by atoms with Gasteiger partial charge in [0.25, 0.3) is 11.8 Å². The first-order chi connectivity index (χ1) is 11.1. The molecule has 13 heteroatoms. The van der Waals surface area contributed by atoms with E-state index in [9.17, 15) is 24.0 Å². The predicted octanol–water partition coefficient (Wildman–Crippen LogP) is -4.53. The number of aliphatic hydroxyl groups excluding tert-OH is 1. The Hall–Kier alpha value is -2.93. The van der Waals surface area contributed by atoms with Crippen LogP contribution in [-0.4, -0.2) is 64.7 Å². The predicted molar refractivity (Wildman–Crippen MR) is 77.7 cm³/mol. The molecule has 5 amide bonds. The Morgan fingerprint density at radius 1 is 1.04 bits per heavy atom. The van der Waals surface area contributed by atoms with Crippen molar-refractivity contribution in [3.05, 3.63) is 0 Å². The molecule has 0 aromatic carbocycles. The van der Waals surface area contributed by atoms with Crippen molar-refractivity contribution in [2.75, 3.05) is 6.61 Å². The van der Waals surface area contributed by atoms with Crippen LogP contribution in [0, 0.1) is 0 Å². The molecule has 0 rings (SSSR count). The monoisotopic (exact) mass is 348 g/mol. The fourth-order valence-electron chi connectivity index (χ4n) is 1.25. The maximum atomic E-state index is 11.9. The number of nitrogens with one attached hydrogen (secondary N) is 4. The van der Waals surface area contributed by atoms with Gasteiger partial charge in [-0.15, -0.1) is 0 Å². The molecule has 0 bridgehead atoms. The number of hydrogen-bond donors (Lipinski definition) is 8. The first-order valence-electron chi connectivity index (χ1n) is 6.62. The summed E-state index contributed by atoms with van der Waals surface area (Å²) in [5, 5.41) is 21.4. The number of carbonyl (C=O) groups excluding carboxylic acids is 4. The van der Waals surface area contributed by atoms with Crippen LogP contribution in [0.1, 0.15) is 13.3 Å². The van der Waals surface area contributed by atoms with E-state index in [-0.39, 0.29) is 0 Å². The number of carboxylic acids is 1. The normalized spacial score (nSPS) is 13.8. The molecule has 10 N–H and O–H groups in total. The van der Waals surface area contributed by atoms with Crippen molar-refractivity contribution < 1.29 is 34.2 Å². The lowest BCUT2D eigenvalue weighted by Gasteiger charge is -2.19. The Labute approximate surface area is 136 Å². The second kappa shape index (κ2) is 9.96. The molecular formula is C11H20N6O7. The zero-order valence-corrected chi connectivity index (χ0v) is 12.7. The third-order valence-electron chi connectivity index (χ3n) is 2.59. The van der Waals surface area contributed by atoms with Crippen molar-refractivity contribution >= 4 is 29.7 Å². The van der Waals surface area contributed by atoms with Crippen LogP contribution in [0.3, 0.4) is 0 Å². The molecule has 0 aliphatic heterocycles. The van der Waals surface area contributed by atoms with Crippen molar-refractivity contribution in [3.8, 4) is 0 Å². The van der Waals surface area contributed by atoms with Crippen LogP contribution in [-0.2, 0) is 19.2 Å². The van der Waals surface area contributed by atoms with E-state index in [2.05, 4.69) is 0 Å². The molecule has 13 nitrogen and oxygen atoms in total. The minimum Gasteiger partial charge on any atom is -0.480 e. The quantitative estimate of drug-likeness (QED) is 0.199. The van der Waals surface area contributed by atoms with Crippen LogP contribution in [0.2, 0.25) is 0 Å². The van der Waals surface area contributed by atoms with E-state index in [1.165, 1.54) is 6.92 Å². The summed E-state index contributed by atoms with van der Waals surface area (Å²) >= 11 is 0. The molecule has 0 aromatic rings. The molecule has 0 radical (unpaired) electrons. The van der Waals surface area contributed by atoms with E-state index in [0.29, 0.717) is 0 Å². The van der Waals surface area contributed by atoms with Crippen molar-refractivity contribution in [3.63, 3.8) is 0 Å². The summed E-state index contributed by atoms with van der Waals surface area (Å²) in [5.41, 5.74) is 13.9. The van der Waals surface area contributed by atoms with E-state index >= 15 is 0 Å². The van der Waals surface area contributed by atoms with Gasteiger partial charge in [0, 0.05) is 0 Å². The second-order valence-electron chi connectivity index (χ2n) is 4.67. The van der Waals surface area contributed by atoms with Crippen LogP contribution in [0.4, 0.5) is 4.79 Å². The number of nitrogens with two attached hydrogens (primary N) is 2. The Bertz CT molecular complexity index is 511. The van der Waals surface area contributed by atoms with Gasteiger partial charge in [-0.05, 0) is 6.92 Å². The Morgan fingerprint density at radius 3 is 2.04 bits per heavy atom. The molecule has 24 heavy (non-hydrogen) atoms. The zero-order valence-electron chi connectivity index (χ0n) is 12.7. The highest BCUT2D eigenvalue weighted by Crippen LogP contribution is 1.93. The molecule has 0 saturated carbocycles. The van der Waals surface area contributed by atoms with Gasteiger partial charge in [0.15, 0.2) is 0 Å². The van der Waals surface area contributed by atoms with E-state index in [1.54, 1.807) is 0 Å². The SMILES string of the molecule is C[C@H](NC(=O)NC(CC(N)=O)C(=O)NNC(=O)[C@@H](N)CO)C(=O)O. The molecule has 3 atom stereocenters. The molecule has 0 aliphatic rings. The summed E-state index contributed by atoms with van der Waals surface area (Å²) in [7, 11) is 0. The summed E-state index contributed by atoms with van der Waals surface area (Å²) in [6.07, 6.45) is -0.609. The number of aliphatic carboxylic acids is 1. The first-order valence-corrected chi connectivity index (χ1v) is 6.62. The number of aliphatic hydroxyl groups is 1. The average Bonchev–Trinajstić information content (AvgIpc) is 2.49. The Balaban J connectivity index is 4.72. The number of carboxylic acid groups (broad SMARTS) is 1. The van der Waals surface area contributed by atoms with E-state index < -0.39 is 60.9 Å². The number of carbonyl (C=O) groups is 5. The zero-order chi connectivity index (χ0) is 18.9. The number of hydrazine groups is 1. The van der Waals surface area contributed by atoms with Gasteiger partial charge < -0.3 is 32.3 Å². The third-order valence-corrected chi connectivity index (χ3v) is 2.59. The van der Waals surface area contributed by atoms with Crippen LogP contribution in [0.25, 0.3) is 0 Å². The first kappa shape index (κ1) is 21.1. The lowest BCUT2D eigenvalue weighted by Crippen LogP contribution is -2.58. The van der Waals surface area contributed by atoms with Crippen molar-refractivity contribution in [1.29, 1.82) is 0 Å². The summed E-state index contributed by atoms with van der Waals surface area (Å²) in [5.74, 6) is -4.16. The van der Waals surface area contributed by atoms with Crippen molar-refractivity contribution in [2.45, 2.75) is 31.5 Å². The van der Waals surface area contributed by atoms with Gasteiger partial charge in [-0.1, -0.05) is 0 Å². The molecule has 0 aromatic heterocycles. The molecule has 136 valence electrons. The lowest BCUT2D eigenvalue weighted by molar-refractivity contribution is -0.138. The number of primary amides is 1. The number of amides is 5. The minimum atomic E-state index is -1.48. The van der Waals surface area contributed by atoms with Gasteiger partial charge >= 0.3 is 12.0 Å². The smallest absolute Gasteiger partial charge is 0.325 e. The number of hydrogen-bond acceptors (Lipinski definition) is 7. The third kappa shape index (κ3) is 7.90. The van der Waals surface area contributed by atoms with Crippen molar-refractivity contribution in [2.24, 2.45) is 11.5 Å². The fraction of sp³-hybridized carbons (Fsp3) is 0.545. The van der Waals surface area contributed by atoms with Gasteiger partial charge in [-0.25, -0.2) is 4.79 Å². The van der Waals surface area contributed by atoms with E-state index in [4.69, 9.17) is 21.7 Å². The average molecular weight is 348 g/mol. The molecule has 0 spiro atoms. The largest absolute Gasteiger partial charge is 0.480 e. The van der Waals surface area contributed by atoms with Gasteiger partial charge in [-0.3, -0.25) is 30.0 Å². The Morgan fingerprint density at radius 2 is 1.58 bits per heavy atom. The van der Waals surface area contributed by atoms with Crippen LogP contribution in [0.5, 0.6) is 0 Å². The van der Waals surface area contributed by atoms with E-state index in [1.807, 2.05) is 21.5 Å². The summed E-state index contributed by atoms with van der Waals surface area (Å²) in [4.78, 5) is 56.3. The lowest BCUT2D eigenvalue weighted by atomic mass is 10.2. The standard InChI is InChI=1S/C11H20N6O7/c1-4(10(22)23)14-11(24)15-6(2-7(13)19)9(21)17-16-8(20)5(12)3-18/h4-6,18H,2-3,12H2,1H3,(H2,13,19)(H,16,20)(H,17,21)(H,22,23)(H2,14,15,24)/t4-,5-,6?/m0/s1. The number of urea groups is 1.